The van der Waals surface area contributed by atoms with Gasteiger partial charge in [0.1, 0.15) is 0 Å². The Kier molecular flexibility index (Phi) is 5.99. The van der Waals surface area contributed by atoms with E-state index in [0.29, 0.717) is 0 Å². The number of hydrogen-bond donors (Lipinski definition) is 1. The fourth-order valence-electron chi connectivity index (χ4n) is 2.16. The van der Waals surface area contributed by atoms with Gasteiger partial charge < -0.3 is 4.74 Å². The molecule has 0 saturated carbocycles. The molecule has 24 heavy (non-hydrogen) atoms. The van der Waals surface area contributed by atoms with Crippen molar-refractivity contribution in [3.8, 4) is 0 Å². The molecule has 1 atom stereocenters. The summed E-state index contributed by atoms with van der Waals surface area (Å²) in [6.45, 7) is 2.17. The molecular formula is C17H18ClNO4S. The lowest BCUT2D eigenvalue weighted by Gasteiger charge is -2.14. The molecule has 2 rings (SSSR count). The van der Waals surface area contributed by atoms with Gasteiger partial charge in [-0.3, -0.25) is 0 Å². The summed E-state index contributed by atoms with van der Waals surface area (Å²) in [7, 11) is -2.55. The number of methoxy groups -OCH3 is 1. The number of nitrogens with one attached hydrogen (secondary N) is 1. The van der Waals surface area contributed by atoms with E-state index in [-0.39, 0.29) is 27.9 Å². The molecule has 0 unspecified atom stereocenters. The molecule has 0 amide bonds. The first-order valence-corrected chi connectivity index (χ1v) is 9.13. The second-order valence-electron chi connectivity index (χ2n) is 5.30. The molecular weight excluding hydrogens is 350 g/mol. The topological polar surface area (TPSA) is 72.5 Å². The summed E-state index contributed by atoms with van der Waals surface area (Å²) in [6.07, 6.45) is 0. The third kappa shape index (κ3) is 4.35. The largest absolute Gasteiger partial charge is 0.465 e. The zero-order valence-corrected chi connectivity index (χ0v) is 14.9. The van der Waals surface area contributed by atoms with E-state index in [4.69, 9.17) is 11.6 Å². The van der Waals surface area contributed by atoms with Gasteiger partial charge in [-0.2, -0.15) is 0 Å². The quantitative estimate of drug-likeness (QED) is 0.796. The average Bonchev–Trinajstić information content (AvgIpc) is 2.60. The number of sulfonamides is 1. The van der Waals surface area contributed by atoms with E-state index in [9.17, 15) is 13.2 Å². The number of carbonyl (C=O) groups excluding carboxylic acids is 1. The maximum atomic E-state index is 12.4. The molecule has 0 saturated heterocycles. The second kappa shape index (κ2) is 7.79. The molecule has 0 spiro atoms. The van der Waals surface area contributed by atoms with E-state index in [1.54, 1.807) is 0 Å². The summed E-state index contributed by atoms with van der Waals surface area (Å²) in [4.78, 5) is 11.6. The number of hydrogen-bond acceptors (Lipinski definition) is 4. The zero-order valence-electron chi connectivity index (χ0n) is 13.3. The van der Waals surface area contributed by atoms with Gasteiger partial charge in [0.05, 0.1) is 22.6 Å². The number of benzene rings is 2. The minimum Gasteiger partial charge on any atom is -0.465 e. The Morgan fingerprint density at radius 1 is 1.21 bits per heavy atom. The molecule has 0 aliphatic heterocycles. The van der Waals surface area contributed by atoms with Gasteiger partial charge in [-0.05, 0) is 29.7 Å². The van der Waals surface area contributed by atoms with Gasteiger partial charge in [-0.15, -0.1) is 0 Å². The van der Waals surface area contributed by atoms with Crippen molar-refractivity contribution in [2.75, 3.05) is 13.7 Å². The number of halogens is 1. The van der Waals surface area contributed by atoms with Crippen LogP contribution in [0.5, 0.6) is 0 Å². The van der Waals surface area contributed by atoms with Gasteiger partial charge >= 0.3 is 5.97 Å². The fourth-order valence-corrected chi connectivity index (χ4v) is 3.51. The van der Waals surface area contributed by atoms with Crippen LogP contribution < -0.4 is 4.72 Å². The highest BCUT2D eigenvalue weighted by Gasteiger charge is 2.20. The number of esters is 1. The van der Waals surface area contributed by atoms with E-state index >= 15 is 0 Å². The Hall–Kier alpha value is -1.89. The normalized spacial score (nSPS) is 12.6. The highest BCUT2D eigenvalue weighted by molar-refractivity contribution is 7.89. The molecule has 0 bridgehead atoms. The summed E-state index contributed by atoms with van der Waals surface area (Å²) in [5, 5.41) is 0.137. The zero-order chi connectivity index (χ0) is 17.7. The summed E-state index contributed by atoms with van der Waals surface area (Å²) in [5.74, 6) is -0.678. The van der Waals surface area contributed by atoms with Gasteiger partial charge in [0.2, 0.25) is 10.0 Å². The van der Waals surface area contributed by atoms with Crippen LogP contribution in [-0.4, -0.2) is 28.0 Å². The van der Waals surface area contributed by atoms with E-state index in [1.807, 2.05) is 37.3 Å². The lowest BCUT2D eigenvalue weighted by atomic mass is 10.0. The van der Waals surface area contributed by atoms with Gasteiger partial charge in [0.15, 0.2) is 0 Å². The summed E-state index contributed by atoms with van der Waals surface area (Å²) < 4.78 is 32.0. The Morgan fingerprint density at radius 2 is 1.88 bits per heavy atom. The molecule has 1 N–H and O–H groups in total. The molecule has 0 fully saturated rings. The minimum atomic E-state index is -3.76. The van der Waals surface area contributed by atoms with Crippen molar-refractivity contribution in [3.05, 3.63) is 64.7 Å². The Morgan fingerprint density at radius 3 is 2.50 bits per heavy atom. The molecule has 2 aromatic carbocycles. The van der Waals surface area contributed by atoms with Gasteiger partial charge in [0.25, 0.3) is 0 Å². The molecule has 7 heteroatoms. The molecule has 2 aromatic rings. The van der Waals surface area contributed by atoms with Crippen molar-refractivity contribution in [1.82, 2.24) is 4.72 Å². The summed E-state index contributed by atoms with van der Waals surface area (Å²) in [6, 6.07) is 13.5. The van der Waals surface area contributed by atoms with E-state index in [1.165, 1.54) is 25.3 Å². The average molecular weight is 368 g/mol. The Balaban J connectivity index is 2.17. The predicted molar refractivity (Wildman–Crippen MR) is 92.8 cm³/mol. The van der Waals surface area contributed by atoms with Crippen LogP contribution in [0.2, 0.25) is 5.02 Å². The fraction of sp³-hybridized carbons (Fsp3) is 0.235. The maximum Gasteiger partial charge on any atom is 0.339 e. The lowest BCUT2D eigenvalue weighted by molar-refractivity contribution is 0.0600. The van der Waals surface area contributed by atoms with E-state index < -0.39 is 16.0 Å². The van der Waals surface area contributed by atoms with Gasteiger partial charge in [0, 0.05) is 6.54 Å². The van der Waals surface area contributed by atoms with Crippen molar-refractivity contribution in [1.29, 1.82) is 0 Å². The van der Waals surface area contributed by atoms with Crippen LogP contribution in [0.1, 0.15) is 28.8 Å². The molecule has 0 aliphatic carbocycles. The van der Waals surface area contributed by atoms with Crippen LogP contribution in [-0.2, 0) is 14.8 Å². The Labute approximate surface area is 146 Å². The maximum absolute atomic E-state index is 12.4. The first-order chi connectivity index (χ1) is 11.3. The monoisotopic (exact) mass is 367 g/mol. The second-order valence-corrected chi connectivity index (χ2v) is 7.47. The van der Waals surface area contributed by atoms with Crippen molar-refractivity contribution in [2.45, 2.75) is 17.7 Å². The van der Waals surface area contributed by atoms with Crippen LogP contribution in [0.15, 0.2) is 53.4 Å². The number of carbonyl (C=O) groups is 1. The number of ether oxygens (including phenoxy) is 1. The summed E-state index contributed by atoms with van der Waals surface area (Å²) >= 11 is 5.91. The van der Waals surface area contributed by atoms with Crippen LogP contribution in [0.25, 0.3) is 0 Å². The lowest BCUT2D eigenvalue weighted by Crippen LogP contribution is -2.28. The first-order valence-electron chi connectivity index (χ1n) is 7.27. The van der Waals surface area contributed by atoms with Gasteiger partial charge in [-0.25, -0.2) is 17.9 Å². The minimum absolute atomic E-state index is 0.00773. The highest BCUT2D eigenvalue weighted by atomic mass is 35.5. The van der Waals surface area contributed by atoms with Crippen molar-refractivity contribution < 1.29 is 17.9 Å². The van der Waals surface area contributed by atoms with Crippen LogP contribution in [0.4, 0.5) is 0 Å². The van der Waals surface area contributed by atoms with Crippen molar-refractivity contribution >= 4 is 27.6 Å². The molecule has 0 heterocycles. The van der Waals surface area contributed by atoms with Crippen LogP contribution in [0.3, 0.4) is 0 Å². The van der Waals surface area contributed by atoms with Gasteiger partial charge in [-0.1, -0.05) is 48.9 Å². The van der Waals surface area contributed by atoms with Crippen LogP contribution >= 0.6 is 11.6 Å². The summed E-state index contributed by atoms with van der Waals surface area (Å²) in [5.41, 5.74) is 1.05. The smallest absolute Gasteiger partial charge is 0.339 e. The predicted octanol–water partition coefficient (Wildman–Crippen LogP) is 3.21. The van der Waals surface area contributed by atoms with Crippen molar-refractivity contribution in [2.24, 2.45) is 0 Å². The first kappa shape index (κ1) is 18.4. The van der Waals surface area contributed by atoms with Crippen LogP contribution in [0, 0.1) is 0 Å². The number of rotatable bonds is 6. The SMILES string of the molecule is COC(=O)c1cc(S(=O)(=O)NC[C@H](C)c2ccccc2)ccc1Cl. The molecule has 0 aliphatic rings. The third-order valence-corrected chi connectivity index (χ3v) is 5.35. The van der Waals surface area contributed by atoms with E-state index in [2.05, 4.69) is 9.46 Å². The van der Waals surface area contributed by atoms with E-state index in [0.717, 1.165) is 5.56 Å². The van der Waals surface area contributed by atoms with Crippen molar-refractivity contribution in [3.63, 3.8) is 0 Å². The highest BCUT2D eigenvalue weighted by Crippen LogP contribution is 2.22. The third-order valence-electron chi connectivity index (χ3n) is 3.60. The molecule has 128 valence electrons. The molecule has 0 radical (unpaired) electrons. The standard InChI is InChI=1S/C17H18ClNO4S/c1-12(13-6-4-3-5-7-13)11-19-24(21,22)14-8-9-16(18)15(10-14)17(20)23-2/h3-10,12,19H,11H2,1-2H3/t12-/m0/s1. The molecule has 0 aromatic heterocycles. The Bertz CT molecular complexity index is 822. The molecule has 5 nitrogen and oxygen atoms in total.